The molecular formula is C58H115NO5. The summed E-state index contributed by atoms with van der Waals surface area (Å²) in [4.78, 5) is 24.6. The van der Waals surface area contributed by atoms with E-state index in [4.69, 9.17) is 4.74 Å². The van der Waals surface area contributed by atoms with Gasteiger partial charge in [0.1, 0.15) is 0 Å². The maximum Gasteiger partial charge on any atom is 0.305 e. The van der Waals surface area contributed by atoms with Gasteiger partial charge in [0, 0.05) is 12.8 Å². The average Bonchev–Trinajstić information content (AvgIpc) is 3.29. The number of amides is 1. The van der Waals surface area contributed by atoms with Crippen LogP contribution >= 0.6 is 0 Å². The maximum absolute atomic E-state index is 12.5. The van der Waals surface area contributed by atoms with E-state index in [2.05, 4.69) is 19.2 Å². The van der Waals surface area contributed by atoms with E-state index in [0.717, 1.165) is 57.8 Å². The molecule has 0 saturated heterocycles. The van der Waals surface area contributed by atoms with E-state index in [1.165, 1.54) is 244 Å². The van der Waals surface area contributed by atoms with E-state index in [9.17, 15) is 19.8 Å². The molecule has 2 atom stereocenters. The van der Waals surface area contributed by atoms with E-state index in [1.807, 2.05) is 0 Å². The van der Waals surface area contributed by atoms with Crippen molar-refractivity contribution in [3.8, 4) is 0 Å². The third kappa shape index (κ3) is 50.3. The Morgan fingerprint density at radius 3 is 0.953 bits per heavy atom. The number of aliphatic hydroxyl groups excluding tert-OH is 2. The van der Waals surface area contributed by atoms with E-state index in [0.29, 0.717) is 25.9 Å². The number of nitrogens with one attached hydrogen (secondary N) is 1. The van der Waals surface area contributed by atoms with Crippen LogP contribution in [0.1, 0.15) is 335 Å². The minimum absolute atomic E-state index is 0.0199. The number of aliphatic hydroxyl groups is 2. The molecule has 0 aromatic heterocycles. The Labute approximate surface area is 400 Å². The van der Waals surface area contributed by atoms with Crippen molar-refractivity contribution in [3.63, 3.8) is 0 Å². The molecule has 2 unspecified atom stereocenters. The number of hydrogen-bond donors (Lipinski definition) is 3. The van der Waals surface area contributed by atoms with Crippen LogP contribution in [-0.2, 0) is 14.3 Å². The van der Waals surface area contributed by atoms with Crippen molar-refractivity contribution in [2.45, 2.75) is 347 Å². The SMILES string of the molecule is CCCCCCCCCCCCCCCCCCCCCCCCC(O)C(CO)NC(=O)CCCCCCCCCCCOC(=O)CCCCCCCCCCCCCCCCCC. The monoisotopic (exact) mass is 906 g/mol. The molecule has 0 rings (SSSR count). The highest BCUT2D eigenvalue weighted by Gasteiger charge is 2.20. The summed E-state index contributed by atoms with van der Waals surface area (Å²) in [5.41, 5.74) is 0. The van der Waals surface area contributed by atoms with Gasteiger partial charge >= 0.3 is 5.97 Å². The minimum atomic E-state index is -0.681. The van der Waals surface area contributed by atoms with Crippen LogP contribution in [0.25, 0.3) is 0 Å². The van der Waals surface area contributed by atoms with E-state index >= 15 is 0 Å². The number of unbranched alkanes of at least 4 members (excludes halogenated alkanes) is 44. The molecule has 6 heteroatoms. The Bertz CT molecular complexity index is 913. The van der Waals surface area contributed by atoms with Gasteiger partial charge in [-0.15, -0.1) is 0 Å². The predicted molar refractivity (Wildman–Crippen MR) is 278 cm³/mol. The molecule has 0 bridgehead atoms. The molecule has 0 aliphatic carbocycles. The van der Waals surface area contributed by atoms with E-state index < -0.39 is 12.1 Å². The molecule has 6 nitrogen and oxygen atoms in total. The van der Waals surface area contributed by atoms with Crippen LogP contribution in [0.2, 0.25) is 0 Å². The van der Waals surface area contributed by atoms with Gasteiger partial charge in [-0.1, -0.05) is 296 Å². The number of carbonyl (C=O) groups excluding carboxylic acids is 2. The fourth-order valence-electron chi connectivity index (χ4n) is 9.41. The lowest BCUT2D eigenvalue weighted by atomic mass is 10.0. The Hall–Kier alpha value is -1.14. The Balaban J connectivity index is 3.45. The zero-order valence-corrected chi connectivity index (χ0v) is 43.5. The van der Waals surface area contributed by atoms with E-state index in [-0.39, 0.29) is 18.5 Å². The summed E-state index contributed by atoms with van der Waals surface area (Å²) in [7, 11) is 0. The first-order chi connectivity index (χ1) is 31.5. The molecule has 0 aromatic carbocycles. The van der Waals surface area contributed by atoms with Crippen LogP contribution < -0.4 is 5.32 Å². The first kappa shape index (κ1) is 62.9. The molecule has 3 N–H and O–H groups in total. The van der Waals surface area contributed by atoms with Crippen molar-refractivity contribution in [2.75, 3.05) is 13.2 Å². The first-order valence-corrected chi connectivity index (χ1v) is 29.3. The van der Waals surface area contributed by atoms with Gasteiger partial charge in [0.15, 0.2) is 0 Å². The van der Waals surface area contributed by atoms with Crippen molar-refractivity contribution in [3.05, 3.63) is 0 Å². The number of hydrogen-bond acceptors (Lipinski definition) is 5. The lowest BCUT2D eigenvalue weighted by Crippen LogP contribution is -2.45. The molecule has 382 valence electrons. The molecule has 0 spiro atoms. The van der Waals surface area contributed by atoms with Crippen molar-refractivity contribution in [2.24, 2.45) is 0 Å². The lowest BCUT2D eigenvalue weighted by molar-refractivity contribution is -0.143. The van der Waals surface area contributed by atoms with Crippen LogP contribution in [-0.4, -0.2) is 47.4 Å². The smallest absolute Gasteiger partial charge is 0.305 e. The third-order valence-corrected chi connectivity index (χ3v) is 13.9. The fraction of sp³-hybridized carbons (Fsp3) is 0.966. The minimum Gasteiger partial charge on any atom is -0.466 e. The molecule has 1 amide bonds. The highest BCUT2D eigenvalue weighted by molar-refractivity contribution is 5.76. The Morgan fingerprint density at radius 1 is 0.375 bits per heavy atom. The largest absolute Gasteiger partial charge is 0.466 e. The van der Waals surface area contributed by atoms with Crippen molar-refractivity contribution >= 4 is 11.9 Å². The van der Waals surface area contributed by atoms with Crippen LogP contribution in [0.4, 0.5) is 0 Å². The van der Waals surface area contributed by atoms with Crippen molar-refractivity contribution in [1.29, 1.82) is 0 Å². The van der Waals surface area contributed by atoms with Crippen LogP contribution in [0.5, 0.6) is 0 Å². The summed E-state index contributed by atoms with van der Waals surface area (Å²) in [6, 6.07) is -0.561. The molecule has 0 heterocycles. The van der Waals surface area contributed by atoms with Gasteiger partial charge in [0.05, 0.1) is 25.4 Å². The number of carbonyl (C=O) groups is 2. The topological polar surface area (TPSA) is 95.9 Å². The molecule has 0 radical (unpaired) electrons. The Kier molecular flexibility index (Phi) is 53.5. The Morgan fingerprint density at radius 2 is 0.641 bits per heavy atom. The summed E-state index contributed by atoms with van der Waals surface area (Å²) in [6.45, 7) is 4.93. The van der Waals surface area contributed by atoms with Crippen LogP contribution in [0, 0.1) is 0 Å². The second kappa shape index (κ2) is 54.5. The highest BCUT2D eigenvalue weighted by Crippen LogP contribution is 2.18. The van der Waals surface area contributed by atoms with Gasteiger partial charge in [0.25, 0.3) is 0 Å². The van der Waals surface area contributed by atoms with Gasteiger partial charge < -0.3 is 20.3 Å². The van der Waals surface area contributed by atoms with Crippen LogP contribution in [0.15, 0.2) is 0 Å². The zero-order chi connectivity index (χ0) is 46.5. The number of esters is 1. The number of ether oxygens (including phenoxy) is 1. The second-order valence-corrected chi connectivity index (χ2v) is 20.3. The summed E-state index contributed by atoms with van der Waals surface area (Å²) >= 11 is 0. The summed E-state index contributed by atoms with van der Waals surface area (Å²) < 4.78 is 5.47. The fourth-order valence-corrected chi connectivity index (χ4v) is 9.41. The quantitative estimate of drug-likeness (QED) is 0.0417. The van der Waals surface area contributed by atoms with Gasteiger partial charge in [-0.3, -0.25) is 9.59 Å². The summed E-state index contributed by atoms with van der Waals surface area (Å²) in [5, 5.41) is 23.3. The maximum atomic E-state index is 12.5. The molecule has 0 fully saturated rings. The molecule has 0 aliphatic rings. The first-order valence-electron chi connectivity index (χ1n) is 29.3. The normalized spacial score (nSPS) is 12.5. The van der Waals surface area contributed by atoms with Gasteiger partial charge in [-0.05, 0) is 25.7 Å². The van der Waals surface area contributed by atoms with E-state index in [1.54, 1.807) is 0 Å². The lowest BCUT2D eigenvalue weighted by Gasteiger charge is -2.22. The average molecular weight is 907 g/mol. The molecule has 64 heavy (non-hydrogen) atoms. The zero-order valence-electron chi connectivity index (χ0n) is 43.5. The molecular weight excluding hydrogens is 791 g/mol. The summed E-state index contributed by atoms with van der Waals surface area (Å²) in [5.74, 6) is -0.0774. The van der Waals surface area contributed by atoms with Gasteiger partial charge in [0.2, 0.25) is 5.91 Å². The number of rotatable bonds is 55. The van der Waals surface area contributed by atoms with Crippen LogP contribution in [0.3, 0.4) is 0 Å². The molecule has 0 aliphatic heterocycles. The second-order valence-electron chi connectivity index (χ2n) is 20.3. The summed E-state index contributed by atoms with van der Waals surface area (Å²) in [6.07, 6.45) is 62.3. The highest BCUT2D eigenvalue weighted by atomic mass is 16.5. The molecule has 0 saturated carbocycles. The standard InChI is InChI=1S/C58H115NO5/c1-3-5-7-9-11-13-15-17-19-21-22-23-24-25-26-27-29-31-34-38-42-46-50-56(61)55(54-60)59-57(62)51-47-43-39-35-33-37-41-45-49-53-64-58(63)52-48-44-40-36-32-30-28-20-18-16-14-12-10-8-6-4-2/h55-56,60-61H,3-54H2,1-2H3,(H,59,62). The van der Waals surface area contributed by atoms with Crippen molar-refractivity contribution in [1.82, 2.24) is 5.32 Å². The third-order valence-electron chi connectivity index (χ3n) is 13.9. The van der Waals surface area contributed by atoms with Gasteiger partial charge in [-0.25, -0.2) is 0 Å². The van der Waals surface area contributed by atoms with Gasteiger partial charge in [-0.2, -0.15) is 0 Å². The molecule has 0 aromatic rings. The van der Waals surface area contributed by atoms with Crippen molar-refractivity contribution < 1.29 is 24.5 Å². The predicted octanol–water partition coefficient (Wildman–Crippen LogP) is 17.9.